The van der Waals surface area contributed by atoms with Crippen molar-refractivity contribution in [2.45, 2.75) is 45.1 Å². The average Bonchev–Trinajstić information content (AvgIpc) is 3.27. The predicted octanol–water partition coefficient (Wildman–Crippen LogP) is 4.58. The lowest BCUT2D eigenvalue weighted by Crippen LogP contribution is -2.22. The van der Waals surface area contributed by atoms with Crippen LogP contribution in [0.2, 0.25) is 5.02 Å². The van der Waals surface area contributed by atoms with Crippen LogP contribution in [0.5, 0.6) is 0 Å². The van der Waals surface area contributed by atoms with Crippen molar-refractivity contribution in [1.82, 2.24) is 20.1 Å². The van der Waals surface area contributed by atoms with E-state index in [2.05, 4.69) is 20.8 Å². The number of ether oxygens (including phenoxy) is 1. The highest BCUT2D eigenvalue weighted by Crippen LogP contribution is 2.19. The van der Waals surface area contributed by atoms with Gasteiger partial charge in [0.2, 0.25) is 11.8 Å². The normalized spacial score (nSPS) is 11.1. The van der Waals surface area contributed by atoms with E-state index in [1.165, 1.54) is 17.8 Å². The fraction of sp³-hybridized carbons (Fsp3) is 0.269. The molecular weight excluding hydrogens is 514 g/mol. The second kappa shape index (κ2) is 13.6. The van der Waals surface area contributed by atoms with Crippen molar-refractivity contribution in [3.63, 3.8) is 0 Å². The third-order valence-electron chi connectivity index (χ3n) is 4.91. The Balaban J connectivity index is 1.53. The van der Waals surface area contributed by atoms with Gasteiger partial charge in [-0.2, -0.15) is 0 Å². The molecule has 9 nitrogen and oxygen atoms in total. The number of nitrogens with zero attached hydrogens (tertiary/aromatic N) is 3. The van der Waals surface area contributed by atoms with E-state index in [1.807, 2.05) is 29.7 Å². The molecule has 1 heterocycles. The van der Waals surface area contributed by atoms with Crippen molar-refractivity contribution in [1.29, 1.82) is 0 Å². The number of aromatic nitrogens is 3. The van der Waals surface area contributed by atoms with Crippen molar-refractivity contribution >= 4 is 52.9 Å². The zero-order chi connectivity index (χ0) is 26.8. The van der Waals surface area contributed by atoms with Gasteiger partial charge in [-0.25, -0.2) is 4.79 Å². The quantitative estimate of drug-likeness (QED) is 0.207. The number of carbonyl (C=O) groups excluding carboxylic acids is 3. The van der Waals surface area contributed by atoms with Gasteiger partial charge in [0, 0.05) is 23.3 Å². The van der Waals surface area contributed by atoms with Crippen molar-refractivity contribution in [3.05, 3.63) is 76.6 Å². The van der Waals surface area contributed by atoms with Gasteiger partial charge in [-0.1, -0.05) is 47.6 Å². The summed E-state index contributed by atoms with van der Waals surface area (Å²) in [5.74, 6) is -0.342. The maximum Gasteiger partial charge on any atom is 0.338 e. The summed E-state index contributed by atoms with van der Waals surface area (Å²) in [7, 11) is 0. The smallest absolute Gasteiger partial charge is 0.338 e. The van der Waals surface area contributed by atoms with Crippen molar-refractivity contribution < 1.29 is 19.1 Å². The first-order valence-corrected chi connectivity index (χ1v) is 13.0. The number of nitrogens with one attached hydrogen (secondary N) is 2. The summed E-state index contributed by atoms with van der Waals surface area (Å²) in [6.07, 6.45) is 2.82. The number of thioether (sulfide) groups is 1. The number of benzene rings is 2. The Morgan fingerprint density at radius 3 is 2.65 bits per heavy atom. The van der Waals surface area contributed by atoms with E-state index < -0.39 is 5.97 Å². The minimum Gasteiger partial charge on any atom is -0.459 e. The Labute approximate surface area is 224 Å². The van der Waals surface area contributed by atoms with Gasteiger partial charge in [-0.05, 0) is 56.7 Å². The van der Waals surface area contributed by atoms with Gasteiger partial charge in [-0.15, -0.1) is 10.2 Å². The fourth-order valence-electron chi connectivity index (χ4n) is 3.21. The summed E-state index contributed by atoms with van der Waals surface area (Å²) in [6, 6.07) is 13.8. The van der Waals surface area contributed by atoms with Crippen LogP contribution in [-0.2, 0) is 27.4 Å². The molecule has 0 fully saturated rings. The largest absolute Gasteiger partial charge is 0.459 e. The summed E-state index contributed by atoms with van der Waals surface area (Å²) < 4.78 is 7.03. The van der Waals surface area contributed by atoms with E-state index in [1.54, 1.807) is 50.3 Å². The van der Waals surface area contributed by atoms with Gasteiger partial charge in [0.05, 0.1) is 24.0 Å². The fourth-order valence-corrected chi connectivity index (χ4v) is 4.23. The molecule has 1 aromatic heterocycles. The lowest BCUT2D eigenvalue weighted by molar-refractivity contribution is -0.116. The van der Waals surface area contributed by atoms with Crippen LogP contribution in [-0.4, -0.2) is 44.4 Å². The molecule has 3 rings (SSSR count). The molecule has 2 aromatic carbocycles. The number of hydrogen-bond donors (Lipinski definition) is 2. The Hall–Kier alpha value is -3.63. The molecule has 0 aliphatic carbocycles. The first kappa shape index (κ1) is 27.9. The Bertz CT molecular complexity index is 1290. The number of halogens is 1. The standard InChI is InChI=1S/C26H28ClN5O4S/c1-4-32-22(15-28-23(33)13-12-18-8-5-6-11-21(18)27)30-31-26(32)37-16-24(34)29-20-10-7-9-19(14-20)25(35)36-17(2)3/h5-14,17H,4,15-16H2,1-3H3,(H,28,33)(H,29,34)/b13-12+. The number of carbonyl (C=O) groups is 3. The third-order valence-corrected chi connectivity index (χ3v) is 6.22. The van der Waals surface area contributed by atoms with Crippen molar-refractivity contribution in [2.24, 2.45) is 0 Å². The Morgan fingerprint density at radius 2 is 1.92 bits per heavy atom. The topological polar surface area (TPSA) is 115 Å². The monoisotopic (exact) mass is 541 g/mol. The Kier molecular flexibility index (Phi) is 10.3. The molecule has 0 spiro atoms. The van der Waals surface area contributed by atoms with Crippen LogP contribution in [0.4, 0.5) is 5.69 Å². The molecule has 2 amide bonds. The highest BCUT2D eigenvalue weighted by atomic mass is 35.5. The van der Waals surface area contributed by atoms with Crippen molar-refractivity contribution in [2.75, 3.05) is 11.1 Å². The molecule has 11 heteroatoms. The molecule has 2 N–H and O–H groups in total. The van der Waals surface area contributed by atoms with Gasteiger partial charge in [0.25, 0.3) is 0 Å². The molecule has 194 valence electrons. The van der Waals surface area contributed by atoms with Gasteiger partial charge < -0.3 is 19.9 Å². The Morgan fingerprint density at radius 1 is 1.14 bits per heavy atom. The van der Waals surface area contributed by atoms with E-state index >= 15 is 0 Å². The van der Waals surface area contributed by atoms with Crippen molar-refractivity contribution in [3.8, 4) is 0 Å². The summed E-state index contributed by atoms with van der Waals surface area (Å²) in [5, 5.41) is 15.0. The van der Waals surface area contributed by atoms with Crippen LogP contribution in [0.15, 0.2) is 59.8 Å². The lowest BCUT2D eigenvalue weighted by Gasteiger charge is -2.10. The maximum atomic E-state index is 12.5. The molecule has 3 aromatic rings. The molecule has 0 saturated heterocycles. The summed E-state index contributed by atoms with van der Waals surface area (Å²) >= 11 is 7.33. The van der Waals surface area contributed by atoms with Gasteiger partial charge >= 0.3 is 5.97 Å². The van der Waals surface area contributed by atoms with Crippen LogP contribution in [0.3, 0.4) is 0 Å². The van der Waals surface area contributed by atoms with E-state index in [-0.39, 0.29) is 30.2 Å². The number of esters is 1. The van der Waals surface area contributed by atoms with Gasteiger partial charge in [-0.3, -0.25) is 9.59 Å². The highest BCUT2D eigenvalue weighted by molar-refractivity contribution is 7.99. The lowest BCUT2D eigenvalue weighted by atomic mass is 10.2. The predicted molar refractivity (Wildman–Crippen MR) is 144 cm³/mol. The molecule has 0 bridgehead atoms. The van der Waals surface area contributed by atoms with Crippen LogP contribution in [0.25, 0.3) is 6.08 Å². The van der Waals surface area contributed by atoms with Crippen LogP contribution in [0.1, 0.15) is 42.5 Å². The van der Waals surface area contributed by atoms with E-state index in [9.17, 15) is 14.4 Å². The second-order valence-electron chi connectivity index (χ2n) is 8.09. The summed E-state index contributed by atoms with van der Waals surface area (Å²) in [5.41, 5.74) is 1.60. The molecule has 0 atom stereocenters. The number of rotatable bonds is 11. The van der Waals surface area contributed by atoms with Crippen LogP contribution >= 0.6 is 23.4 Å². The zero-order valence-corrected chi connectivity index (χ0v) is 22.3. The summed E-state index contributed by atoms with van der Waals surface area (Å²) in [4.78, 5) is 36.8. The number of anilines is 1. The maximum absolute atomic E-state index is 12.5. The zero-order valence-electron chi connectivity index (χ0n) is 20.7. The third kappa shape index (κ3) is 8.47. The number of amides is 2. The molecule has 37 heavy (non-hydrogen) atoms. The average molecular weight is 542 g/mol. The van der Waals surface area contributed by atoms with E-state index in [0.29, 0.717) is 33.8 Å². The van der Waals surface area contributed by atoms with Crippen LogP contribution in [0, 0.1) is 0 Å². The van der Waals surface area contributed by atoms with Gasteiger partial charge in [0.15, 0.2) is 11.0 Å². The van der Waals surface area contributed by atoms with Gasteiger partial charge in [0.1, 0.15) is 0 Å². The molecule has 0 unspecified atom stereocenters. The SMILES string of the molecule is CCn1c(CNC(=O)/C=C/c2ccccc2Cl)nnc1SCC(=O)Nc1cccc(C(=O)OC(C)C)c1. The molecule has 0 aliphatic heterocycles. The first-order valence-electron chi connectivity index (χ1n) is 11.6. The second-order valence-corrected chi connectivity index (χ2v) is 9.44. The van der Waals surface area contributed by atoms with E-state index in [4.69, 9.17) is 16.3 Å². The minimum absolute atomic E-state index is 0.0890. The first-order chi connectivity index (χ1) is 17.8. The van der Waals surface area contributed by atoms with E-state index in [0.717, 1.165) is 5.56 Å². The molecule has 0 radical (unpaired) electrons. The molecular formula is C26H28ClN5O4S. The molecule has 0 saturated carbocycles. The highest BCUT2D eigenvalue weighted by Gasteiger charge is 2.15. The molecule has 0 aliphatic rings. The summed E-state index contributed by atoms with van der Waals surface area (Å²) in [6.45, 7) is 6.22. The van der Waals surface area contributed by atoms with Crippen LogP contribution < -0.4 is 10.6 Å². The minimum atomic E-state index is -0.449. The number of hydrogen-bond acceptors (Lipinski definition) is 7.